The number of piperidine rings is 1. The molecule has 216 valence electrons. The average molecular weight is 581 g/mol. The van der Waals surface area contributed by atoms with Crippen molar-refractivity contribution >= 4 is 32.7 Å². The number of benzene rings is 2. The van der Waals surface area contributed by atoms with Gasteiger partial charge >= 0.3 is 0 Å². The van der Waals surface area contributed by atoms with Crippen LogP contribution in [0.4, 0.5) is 20.4 Å². The predicted molar refractivity (Wildman–Crippen MR) is 158 cm³/mol. The van der Waals surface area contributed by atoms with E-state index in [0.717, 1.165) is 5.56 Å². The van der Waals surface area contributed by atoms with E-state index in [4.69, 9.17) is 9.97 Å². The molecule has 4 aromatic rings. The van der Waals surface area contributed by atoms with E-state index < -0.39 is 27.9 Å². The van der Waals surface area contributed by atoms with Gasteiger partial charge in [0, 0.05) is 30.1 Å². The van der Waals surface area contributed by atoms with Crippen LogP contribution in [0.3, 0.4) is 0 Å². The van der Waals surface area contributed by atoms with Crippen LogP contribution in [-0.4, -0.2) is 49.2 Å². The summed E-state index contributed by atoms with van der Waals surface area (Å²) in [4.78, 5) is 13.9. The summed E-state index contributed by atoms with van der Waals surface area (Å²) in [7, 11) is -3.81. The third-order valence-corrected chi connectivity index (χ3v) is 8.51. The maximum absolute atomic E-state index is 15.1. The molecule has 0 spiro atoms. The lowest BCUT2D eigenvalue weighted by Crippen LogP contribution is -2.49. The molecule has 0 bridgehead atoms. The number of rotatable bonds is 9. The molecule has 2 aromatic heterocycles. The number of fused-ring (bicyclic) bond motifs is 1. The highest BCUT2D eigenvalue weighted by Gasteiger charge is 2.32. The van der Waals surface area contributed by atoms with E-state index in [1.165, 1.54) is 12.1 Å². The first-order valence-corrected chi connectivity index (χ1v) is 15.2. The highest BCUT2D eigenvalue weighted by atomic mass is 32.2. The molecule has 3 heterocycles. The van der Waals surface area contributed by atoms with Gasteiger partial charge in [0.25, 0.3) is 0 Å². The van der Waals surface area contributed by atoms with Gasteiger partial charge in [0.2, 0.25) is 16.0 Å². The first kappa shape index (κ1) is 28.8. The minimum absolute atomic E-state index is 0.0108. The number of pyridine rings is 1. The predicted octanol–water partition coefficient (Wildman–Crippen LogP) is 5.65. The molecule has 2 atom stereocenters. The first-order chi connectivity index (χ1) is 19.5. The van der Waals surface area contributed by atoms with Crippen LogP contribution < -0.4 is 15.4 Å². The van der Waals surface area contributed by atoms with E-state index in [2.05, 4.69) is 20.3 Å². The van der Waals surface area contributed by atoms with E-state index >= 15 is 4.39 Å². The molecular formula is C30H34F2N6O2S. The third-order valence-electron chi connectivity index (χ3n) is 7.27. The Bertz CT molecular complexity index is 1650. The van der Waals surface area contributed by atoms with Crippen LogP contribution in [0.15, 0.2) is 60.8 Å². The molecule has 1 aliphatic heterocycles. The molecule has 11 heteroatoms. The van der Waals surface area contributed by atoms with Crippen molar-refractivity contribution in [2.45, 2.75) is 44.9 Å². The summed E-state index contributed by atoms with van der Waals surface area (Å²) in [6, 6.07) is 14.9. The van der Waals surface area contributed by atoms with Crippen LogP contribution in [-0.2, 0) is 15.8 Å². The molecule has 0 amide bonds. The van der Waals surface area contributed by atoms with Gasteiger partial charge in [0.15, 0.2) is 0 Å². The van der Waals surface area contributed by atoms with Crippen molar-refractivity contribution in [1.29, 1.82) is 0 Å². The van der Waals surface area contributed by atoms with Gasteiger partial charge in [-0.05, 0) is 41.7 Å². The number of aromatic nitrogens is 3. The summed E-state index contributed by atoms with van der Waals surface area (Å²) in [5.74, 6) is -0.434. The molecule has 0 aliphatic carbocycles. The molecule has 0 unspecified atom stereocenters. The zero-order valence-corrected chi connectivity index (χ0v) is 24.1. The quantitative estimate of drug-likeness (QED) is 0.235. The second kappa shape index (κ2) is 11.7. The molecule has 1 saturated heterocycles. The molecule has 0 radical (unpaired) electrons. The Kier molecular flexibility index (Phi) is 8.19. The van der Waals surface area contributed by atoms with Crippen molar-refractivity contribution in [3.63, 3.8) is 0 Å². The maximum Gasteiger partial charge on any atom is 0.237 e. The summed E-state index contributed by atoms with van der Waals surface area (Å²) in [5.41, 5.74) is 3.22. The summed E-state index contributed by atoms with van der Waals surface area (Å²) in [5, 5.41) is 6.62. The Morgan fingerprint density at radius 2 is 1.90 bits per heavy atom. The summed E-state index contributed by atoms with van der Waals surface area (Å²) in [6.45, 7) is 6.92. The largest absolute Gasteiger partial charge is 0.350 e. The van der Waals surface area contributed by atoms with E-state index in [0.29, 0.717) is 53.3 Å². The number of halogens is 2. The minimum Gasteiger partial charge on any atom is -0.350 e. The molecule has 41 heavy (non-hydrogen) atoms. The van der Waals surface area contributed by atoms with Gasteiger partial charge in [-0.15, -0.1) is 0 Å². The molecule has 0 saturated carbocycles. The van der Waals surface area contributed by atoms with Crippen molar-refractivity contribution in [1.82, 2.24) is 20.3 Å². The fourth-order valence-electron chi connectivity index (χ4n) is 5.13. The Balaban J connectivity index is 1.39. The van der Waals surface area contributed by atoms with Gasteiger partial charge in [0.1, 0.15) is 11.3 Å². The van der Waals surface area contributed by atoms with Gasteiger partial charge in [-0.3, -0.25) is 9.11 Å². The second-order valence-electron chi connectivity index (χ2n) is 11.3. The smallest absolute Gasteiger partial charge is 0.237 e. The number of alkyl halides is 1. The molecule has 1 fully saturated rings. The Labute approximate surface area is 239 Å². The average Bonchev–Trinajstić information content (AvgIpc) is 2.93. The van der Waals surface area contributed by atoms with Crippen molar-refractivity contribution in [3.8, 4) is 11.3 Å². The fourth-order valence-corrected chi connectivity index (χ4v) is 6.34. The Morgan fingerprint density at radius 3 is 2.61 bits per heavy atom. The van der Waals surface area contributed by atoms with Crippen molar-refractivity contribution in [2.24, 2.45) is 5.41 Å². The van der Waals surface area contributed by atoms with Gasteiger partial charge in [-0.25, -0.2) is 27.8 Å². The van der Waals surface area contributed by atoms with E-state index in [1.54, 1.807) is 42.6 Å². The van der Waals surface area contributed by atoms with E-state index in [9.17, 15) is 12.8 Å². The summed E-state index contributed by atoms with van der Waals surface area (Å²) in [6.07, 6.45) is 2.29. The van der Waals surface area contributed by atoms with Crippen LogP contribution in [0.25, 0.3) is 22.3 Å². The summed E-state index contributed by atoms with van der Waals surface area (Å²) >= 11 is 0. The zero-order valence-electron chi connectivity index (χ0n) is 23.3. The number of nitrogens with one attached hydrogen (secondary N) is 3. The SMILES string of the molecule is CC(C)c1cc(-c2ccc(NS(=O)(=O)Cc3ccccc3)c(F)c2)nc2cnc(N[C@@H]3CNC[C@](C)(CF)C3)nc12. The number of hydrogen-bond donors (Lipinski definition) is 3. The number of sulfonamides is 1. The second-order valence-corrected chi connectivity index (χ2v) is 13.1. The summed E-state index contributed by atoms with van der Waals surface area (Å²) < 4.78 is 56.2. The molecule has 3 N–H and O–H groups in total. The van der Waals surface area contributed by atoms with Crippen molar-refractivity contribution < 1.29 is 17.2 Å². The molecule has 8 nitrogen and oxygen atoms in total. The fraction of sp³-hybridized carbons (Fsp3) is 0.367. The minimum atomic E-state index is -3.81. The Morgan fingerprint density at radius 1 is 1.12 bits per heavy atom. The lowest BCUT2D eigenvalue weighted by molar-refractivity contribution is 0.168. The molecule has 2 aromatic carbocycles. The van der Waals surface area contributed by atoms with Crippen LogP contribution in [0.2, 0.25) is 0 Å². The standard InChI is InChI=1S/C30H34F2N6O2S/c1-19(2)23-12-26(21-9-10-25(24(32)11-21)38-41(39,40)16-20-7-5-4-6-8-20)36-27-15-34-29(37-28(23)27)35-22-13-30(3,17-31)18-33-14-22/h4-12,15,19,22,33,38H,13-14,16-18H2,1-3H3,(H,34,35,37)/t22-,30-/m0/s1. The first-order valence-electron chi connectivity index (χ1n) is 13.6. The maximum atomic E-state index is 15.1. The topological polar surface area (TPSA) is 109 Å². The Hall–Kier alpha value is -3.70. The van der Waals surface area contributed by atoms with Gasteiger partial charge in [-0.1, -0.05) is 57.2 Å². The lowest BCUT2D eigenvalue weighted by Gasteiger charge is -2.37. The normalized spacial score (nSPS) is 19.4. The highest BCUT2D eigenvalue weighted by molar-refractivity contribution is 7.91. The third kappa shape index (κ3) is 6.79. The highest BCUT2D eigenvalue weighted by Crippen LogP contribution is 2.32. The van der Waals surface area contributed by atoms with Crippen molar-refractivity contribution in [3.05, 3.63) is 77.7 Å². The molecule has 1 aliphatic rings. The van der Waals surface area contributed by atoms with E-state index in [1.807, 2.05) is 26.8 Å². The van der Waals surface area contributed by atoms with Crippen LogP contribution in [0.1, 0.15) is 44.2 Å². The van der Waals surface area contributed by atoms with Crippen LogP contribution >= 0.6 is 0 Å². The number of anilines is 2. The molecular weight excluding hydrogens is 546 g/mol. The molecule has 5 rings (SSSR count). The number of hydrogen-bond acceptors (Lipinski definition) is 7. The van der Waals surface area contributed by atoms with Gasteiger partial charge < -0.3 is 10.6 Å². The van der Waals surface area contributed by atoms with E-state index in [-0.39, 0.29) is 23.4 Å². The van der Waals surface area contributed by atoms with Crippen LogP contribution in [0, 0.1) is 11.2 Å². The number of nitrogens with zero attached hydrogens (tertiary/aromatic N) is 3. The lowest BCUT2D eigenvalue weighted by atomic mass is 9.82. The van der Waals surface area contributed by atoms with Gasteiger partial charge in [-0.2, -0.15) is 0 Å². The van der Waals surface area contributed by atoms with Crippen LogP contribution in [0.5, 0.6) is 0 Å². The zero-order chi connectivity index (χ0) is 29.2. The monoisotopic (exact) mass is 580 g/mol. The van der Waals surface area contributed by atoms with Crippen molar-refractivity contribution in [2.75, 3.05) is 29.8 Å². The van der Waals surface area contributed by atoms with Gasteiger partial charge in [0.05, 0.1) is 35.5 Å².